The van der Waals surface area contributed by atoms with Crippen LogP contribution in [-0.2, 0) is 15.1 Å². The monoisotopic (exact) mass is 349 g/mol. The molecular formula is C21H23N3O2. The molecule has 1 fully saturated rings. The molecule has 3 rings (SSSR count). The van der Waals surface area contributed by atoms with Gasteiger partial charge in [0.1, 0.15) is 0 Å². The maximum atomic E-state index is 12.2. The highest BCUT2D eigenvalue weighted by Crippen LogP contribution is 2.31. The molecule has 0 spiro atoms. The van der Waals surface area contributed by atoms with Crippen molar-refractivity contribution in [2.45, 2.75) is 24.8 Å². The van der Waals surface area contributed by atoms with Crippen molar-refractivity contribution in [1.82, 2.24) is 5.32 Å². The molecule has 1 saturated heterocycles. The highest BCUT2D eigenvalue weighted by molar-refractivity contribution is 5.90. The molecule has 1 amide bonds. The third kappa shape index (κ3) is 4.48. The van der Waals surface area contributed by atoms with Crippen molar-refractivity contribution in [1.29, 1.82) is 5.26 Å². The van der Waals surface area contributed by atoms with Crippen molar-refractivity contribution < 1.29 is 9.53 Å². The van der Waals surface area contributed by atoms with Gasteiger partial charge in [-0.15, -0.1) is 0 Å². The summed E-state index contributed by atoms with van der Waals surface area (Å²) in [6.45, 7) is 2.04. The predicted octanol–water partition coefficient (Wildman–Crippen LogP) is 3.18. The van der Waals surface area contributed by atoms with E-state index in [2.05, 4.69) is 28.8 Å². The quantitative estimate of drug-likeness (QED) is 0.840. The molecule has 1 aliphatic heterocycles. The summed E-state index contributed by atoms with van der Waals surface area (Å²) in [6, 6.07) is 19.3. The number of carbonyl (C=O) groups is 1. The van der Waals surface area contributed by atoms with Gasteiger partial charge in [-0.2, -0.15) is 5.26 Å². The molecule has 0 aromatic heterocycles. The van der Waals surface area contributed by atoms with Gasteiger partial charge in [0.15, 0.2) is 0 Å². The molecule has 2 N–H and O–H groups in total. The molecule has 2 aromatic carbocycles. The number of nitriles is 1. The van der Waals surface area contributed by atoms with Crippen LogP contribution in [0, 0.1) is 11.3 Å². The van der Waals surface area contributed by atoms with Crippen LogP contribution in [-0.4, -0.2) is 25.7 Å². The van der Waals surface area contributed by atoms with Crippen molar-refractivity contribution in [2.75, 3.05) is 25.1 Å². The van der Waals surface area contributed by atoms with Gasteiger partial charge in [-0.25, -0.2) is 0 Å². The summed E-state index contributed by atoms with van der Waals surface area (Å²) in [7, 11) is 0. The van der Waals surface area contributed by atoms with Crippen molar-refractivity contribution in [2.24, 2.45) is 0 Å². The van der Waals surface area contributed by atoms with Crippen LogP contribution in [0.3, 0.4) is 0 Å². The summed E-state index contributed by atoms with van der Waals surface area (Å²) in [6.07, 6.45) is 2.18. The molecule has 1 aliphatic rings. The third-order valence-electron chi connectivity index (χ3n) is 4.79. The topological polar surface area (TPSA) is 74.2 Å². The lowest BCUT2D eigenvalue weighted by atomic mass is 9.82. The average Bonchev–Trinajstić information content (AvgIpc) is 2.70. The number of nitrogens with zero attached hydrogens (tertiary/aromatic N) is 1. The zero-order valence-electron chi connectivity index (χ0n) is 14.7. The Morgan fingerprint density at radius 3 is 2.42 bits per heavy atom. The molecule has 0 atom stereocenters. The van der Waals surface area contributed by atoms with E-state index in [0.717, 1.165) is 26.1 Å². The van der Waals surface area contributed by atoms with Gasteiger partial charge in [-0.05, 0) is 42.7 Å². The summed E-state index contributed by atoms with van der Waals surface area (Å²) in [5, 5.41) is 15.3. The largest absolute Gasteiger partial charge is 0.381 e. The fourth-order valence-corrected chi connectivity index (χ4v) is 3.31. The number of benzene rings is 2. The molecule has 2 aromatic rings. The average molecular weight is 349 g/mol. The lowest BCUT2D eigenvalue weighted by molar-refractivity contribution is -0.116. The van der Waals surface area contributed by atoms with Crippen molar-refractivity contribution in [3.8, 4) is 6.07 Å². The number of hydrogen-bond acceptors (Lipinski definition) is 4. The normalized spacial score (nSPS) is 15.8. The van der Waals surface area contributed by atoms with Gasteiger partial charge in [-0.3, -0.25) is 4.79 Å². The summed E-state index contributed by atoms with van der Waals surface area (Å²) >= 11 is 0. The van der Waals surface area contributed by atoms with Gasteiger partial charge >= 0.3 is 0 Å². The van der Waals surface area contributed by atoms with E-state index in [-0.39, 0.29) is 11.4 Å². The van der Waals surface area contributed by atoms with E-state index >= 15 is 0 Å². The summed E-state index contributed by atoms with van der Waals surface area (Å²) in [5.41, 5.74) is 2.40. The summed E-state index contributed by atoms with van der Waals surface area (Å²) in [4.78, 5) is 12.2. The second-order valence-electron chi connectivity index (χ2n) is 6.47. The highest BCUT2D eigenvalue weighted by Gasteiger charge is 2.33. The number of anilines is 1. The van der Waals surface area contributed by atoms with Crippen LogP contribution in [0.4, 0.5) is 5.69 Å². The fraction of sp³-hybridized carbons (Fsp3) is 0.333. The second-order valence-corrected chi connectivity index (χ2v) is 6.47. The van der Waals surface area contributed by atoms with E-state index in [9.17, 15) is 4.79 Å². The minimum absolute atomic E-state index is 0.0440. The van der Waals surface area contributed by atoms with E-state index in [0.29, 0.717) is 24.2 Å². The molecule has 1 heterocycles. The third-order valence-corrected chi connectivity index (χ3v) is 4.79. The number of amides is 1. The molecule has 5 nitrogen and oxygen atoms in total. The molecule has 0 radical (unpaired) electrons. The zero-order valence-corrected chi connectivity index (χ0v) is 14.7. The number of ether oxygens (including phenoxy) is 1. The maximum absolute atomic E-state index is 12.2. The Labute approximate surface area is 154 Å². The molecule has 0 saturated carbocycles. The maximum Gasteiger partial charge on any atom is 0.225 e. The van der Waals surface area contributed by atoms with Gasteiger partial charge < -0.3 is 15.4 Å². The van der Waals surface area contributed by atoms with Crippen LogP contribution in [0.5, 0.6) is 0 Å². The van der Waals surface area contributed by atoms with Gasteiger partial charge in [0.25, 0.3) is 0 Å². The summed E-state index contributed by atoms with van der Waals surface area (Å²) in [5.74, 6) is -0.0440. The zero-order chi connectivity index (χ0) is 18.2. The SMILES string of the molecule is N#Cc1ccc(NC(=O)CCNC2(c3ccccc3)CCOCC2)cc1. The first-order valence-corrected chi connectivity index (χ1v) is 8.90. The fourth-order valence-electron chi connectivity index (χ4n) is 3.31. The van der Waals surface area contributed by atoms with Crippen molar-refractivity contribution in [3.05, 3.63) is 65.7 Å². The van der Waals surface area contributed by atoms with E-state index < -0.39 is 0 Å². The minimum Gasteiger partial charge on any atom is -0.381 e. The number of nitrogens with one attached hydrogen (secondary N) is 2. The number of hydrogen-bond donors (Lipinski definition) is 2. The predicted molar refractivity (Wildman–Crippen MR) is 101 cm³/mol. The van der Waals surface area contributed by atoms with Gasteiger partial charge in [-0.1, -0.05) is 30.3 Å². The Morgan fingerprint density at radius 2 is 1.77 bits per heavy atom. The first kappa shape index (κ1) is 18.1. The number of rotatable bonds is 6. The standard InChI is InChI=1S/C21H23N3O2/c22-16-17-6-8-19(9-7-17)24-20(25)10-13-23-21(11-14-26-15-12-21)18-4-2-1-3-5-18/h1-9,23H,10-15H2,(H,24,25). The minimum atomic E-state index is -0.131. The Kier molecular flexibility index (Phi) is 6.00. The van der Waals surface area contributed by atoms with Crippen LogP contribution in [0.1, 0.15) is 30.4 Å². The number of carbonyl (C=O) groups excluding carboxylic acids is 1. The molecule has 134 valence electrons. The molecule has 5 heteroatoms. The van der Waals surface area contributed by atoms with E-state index in [1.807, 2.05) is 18.2 Å². The Bertz CT molecular complexity index is 760. The van der Waals surface area contributed by atoms with Crippen molar-refractivity contribution >= 4 is 11.6 Å². The summed E-state index contributed by atoms with van der Waals surface area (Å²) < 4.78 is 5.53. The highest BCUT2D eigenvalue weighted by atomic mass is 16.5. The van der Waals surface area contributed by atoms with E-state index in [4.69, 9.17) is 10.00 Å². The first-order chi connectivity index (χ1) is 12.7. The molecule has 0 unspecified atom stereocenters. The molecule has 0 bridgehead atoms. The molecule has 0 aliphatic carbocycles. The van der Waals surface area contributed by atoms with Gasteiger partial charge in [0, 0.05) is 37.4 Å². The van der Waals surface area contributed by atoms with E-state index in [1.165, 1.54) is 5.56 Å². The molecular weight excluding hydrogens is 326 g/mol. The van der Waals surface area contributed by atoms with Gasteiger partial charge in [0.05, 0.1) is 11.6 Å². The Morgan fingerprint density at radius 1 is 1.08 bits per heavy atom. The Balaban J connectivity index is 1.56. The lowest BCUT2D eigenvalue weighted by Crippen LogP contribution is -2.47. The van der Waals surface area contributed by atoms with Crippen LogP contribution >= 0.6 is 0 Å². The van der Waals surface area contributed by atoms with Crippen LogP contribution in [0.15, 0.2) is 54.6 Å². The van der Waals surface area contributed by atoms with Crippen LogP contribution in [0.2, 0.25) is 0 Å². The van der Waals surface area contributed by atoms with Crippen LogP contribution in [0.25, 0.3) is 0 Å². The smallest absolute Gasteiger partial charge is 0.225 e. The lowest BCUT2D eigenvalue weighted by Gasteiger charge is -2.39. The van der Waals surface area contributed by atoms with Crippen LogP contribution < -0.4 is 10.6 Å². The Hall–Kier alpha value is -2.68. The van der Waals surface area contributed by atoms with Gasteiger partial charge in [0.2, 0.25) is 5.91 Å². The van der Waals surface area contributed by atoms with Crippen molar-refractivity contribution in [3.63, 3.8) is 0 Å². The molecule has 26 heavy (non-hydrogen) atoms. The first-order valence-electron chi connectivity index (χ1n) is 8.90. The second kappa shape index (κ2) is 8.61. The van der Waals surface area contributed by atoms with E-state index in [1.54, 1.807) is 24.3 Å².